The third-order valence-electron chi connectivity index (χ3n) is 4.46. The molecule has 1 aliphatic heterocycles. The maximum Gasteiger partial charge on any atom is 0.407 e. The van der Waals surface area contributed by atoms with Crippen LogP contribution in [-0.2, 0) is 9.53 Å². The molecule has 1 aromatic carbocycles. The first-order chi connectivity index (χ1) is 13.0. The van der Waals surface area contributed by atoms with Gasteiger partial charge in [0.05, 0.1) is 7.11 Å². The second-order valence-electron chi connectivity index (χ2n) is 6.08. The maximum absolute atomic E-state index is 13.2. The van der Waals surface area contributed by atoms with Crippen LogP contribution in [0.5, 0.6) is 0 Å². The molecule has 8 nitrogen and oxygen atoms in total. The number of aromatic nitrogens is 2. The molecule has 2 aromatic rings. The molecule has 0 spiro atoms. The summed E-state index contributed by atoms with van der Waals surface area (Å²) in [5, 5.41) is 9.00. The molecule has 3 rings (SSSR count). The smallest absolute Gasteiger partial charge is 0.407 e. The molecule has 1 aliphatic rings. The van der Waals surface area contributed by atoms with Gasteiger partial charge in [0.2, 0.25) is 5.95 Å². The van der Waals surface area contributed by atoms with E-state index in [1.165, 1.54) is 48.7 Å². The van der Waals surface area contributed by atoms with Crippen LogP contribution in [0, 0.1) is 5.82 Å². The molecule has 2 heterocycles. The van der Waals surface area contributed by atoms with Crippen LogP contribution in [-0.4, -0.2) is 65.3 Å². The molecule has 0 radical (unpaired) electrons. The number of esters is 1. The zero-order valence-corrected chi connectivity index (χ0v) is 14.7. The first kappa shape index (κ1) is 18.6. The third-order valence-corrected chi connectivity index (χ3v) is 4.46. The number of piperazine rings is 1. The molecular formula is C18H19FN4O4. The van der Waals surface area contributed by atoms with E-state index < -0.39 is 23.8 Å². The zero-order chi connectivity index (χ0) is 19.4. The van der Waals surface area contributed by atoms with Crippen molar-refractivity contribution in [2.75, 3.05) is 38.2 Å². The van der Waals surface area contributed by atoms with Crippen molar-refractivity contribution in [2.24, 2.45) is 0 Å². The van der Waals surface area contributed by atoms with Crippen molar-refractivity contribution in [3.63, 3.8) is 0 Å². The Morgan fingerprint density at radius 1 is 1.07 bits per heavy atom. The Morgan fingerprint density at radius 2 is 1.67 bits per heavy atom. The summed E-state index contributed by atoms with van der Waals surface area (Å²) in [5.41, 5.74) is 1.11. The zero-order valence-electron chi connectivity index (χ0n) is 14.7. The van der Waals surface area contributed by atoms with Gasteiger partial charge in [-0.3, -0.25) is 4.79 Å². The second-order valence-corrected chi connectivity index (χ2v) is 6.08. The van der Waals surface area contributed by atoms with Gasteiger partial charge in [0, 0.05) is 44.1 Å². The fourth-order valence-electron chi connectivity index (χ4n) is 2.98. The van der Waals surface area contributed by atoms with E-state index in [2.05, 4.69) is 9.97 Å². The Labute approximate surface area is 155 Å². The Hall–Kier alpha value is -3.23. The fourth-order valence-corrected chi connectivity index (χ4v) is 2.98. The van der Waals surface area contributed by atoms with Gasteiger partial charge < -0.3 is 19.6 Å². The molecule has 0 saturated carbocycles. The Morgan fingerprint density at radius 3 is 2.19 bits per heavy atom. The van der Waals surface area contributed by atoms with Gasteiger partial charge in [0.15, 0.2) is 0 Å². The Kier molecular flexibility index (Phi) is 5.49. The Bertz CT molecular complexity index is 805. The van der Waals surface area contributed by atoms with E-state index in [9.17, 15) is 14.0 Å². The van der Waals surface area contributed by atoms with E-state index in [1.54, 1.807) is 0 Å². The van der Waals surface area contributed by atoms with Gasteiger partial charge >= 0.3 is 12.1 Å². The summed E-state index contributed by atoms with van der Waals surface area (Å²) in [7, 11) is 1.29. The van der Waals surface area contributed by atoms with Crippen molar-refractivity contribution in [3.05, 3.63) is 53.6 Å². The lowest BCUT2D eigenvalue weighted by Crippen LogP contribution is -2.48. The topological polar surface area (TPSA) is 95.9 Å². The van der Waals surface area contributed by atoms with Crippen molar-refractivity contribution >= 4 is 18.0 Å². The summed E-state index contributed by atoms with van der Waals surface area (Å²) in [4.78, 5) is 35.1. The maximum atomic E-state index is 13.2. The van der Waals surface area contributed by atoms with Crippen LogP contribution >= 0.6 is 0 Å². The van der Waals surface area contributed by atoms with Crippen LogP contribution in [0.15, 0.2) is 36.7 Å². The standard InChI is InChI=1S/C18H19FN4O4/c1-27-16(24)15(12-2-4-14(19)5-3-12)13-10-20-17(21-11-13)22-6-8-23(9-7-22)18(25)26/h2-5,10-11,15H,6-9H2,1H3,(H,25,26). The van der Waals surface area contributed by atoms with Gasteiger partial charge in [-0.15, -0.1) is 0 Å². The summed E-state index contributed by atoms with van der Waals surface area (Å²) in [6, 6.07) is 5.61. The predicted octanol–water partition coefficient (Wildman–Crippen LogP) is 1.72. The predicted molar refractivity (Wildman–Crippen MR) is 94.1 cm³/mol. The molecule has 1 amide bonds. The molecule has 142 valence electrons. The summed E-state index contributed by atoms with van der Waals surface area (Å²) < 4.78 is 18.1. The van der Waals surface area contributed by atoms with E-state index in [-0.39, 0.29) is 0 Å². The average Bonchev–Trinajstić information content (AvgIpc) is 2.70. The minimum Gasteiger partial charge on any atom is -0.468 e. The van der Waals surface area contributed by atoms with Gasteiger partial charge in [-0.2, -0.15) is 0 Å². The summed E-state index contributed by atoms with van der Waals surface area (Å²) in [5.74, 6) is -1.18. The third kappa shape index (κ3) is 4.13. The highest BCUT2D eigenvalue weighted by Gasteiger charge is 2.26. The normalized spacial score (nSPS) is 15.3. The lowest BCUT2D eigenvalue weighted by molar-refractivity contribution is -0.141. The van der Waals surface area contributed by atoms with Crippen LogP contribution in [0.25, 0.3) is 0 Å². The minimum atomic E-state index is -0.939. The van der Waals surface area contributed by atoms with Gasteiger partial charge in [-0.25, -0.2) is 19.2 Å². The van der Waals surface area contributed by atoms with Crippen molar-refractivity contribution in [2.45, 2.75) is 5.92 Å². The minimum absolute atomic E-state index is 0.376. The number of carboxylic acid groups (broad SMARTS) is 1. The molecular weight excluding hydrogens is 355 g/mol. The molecule has 1 atom stereocenters. The number of carbonyl (C=O) groups is 2. The summed E-state index contributed by atoms with van der Waals surface area (Å²) >= 11 is 0. The molecule has 1 fully saturated rings. The lowest BCUT2D eigenvalue weighted by atomic mass is 9.93. The number of halogens is 1. The van der Waals surface area contributed by atoms with Crippen molar-refractivity contribution < 1.29 is 23.8 Å². The van der Waals surface area contributed by atoms with Crippen LogP contribution in [0.3, 0.4) is 0 Å². The summed E-state index contributed by atoms with van der Waals surface area (Å²) in [6.45, 7) is 1.73. The van der Waals surface area contributed by atoms with Gasteiger partial charge in [-0.1, -0.05) is 12.1 Å². The molecule has 9 heteroatoms. The number of rotatable bonds is 4. The molecule has 0 bridgehead atoms. The number of amides is 1. The van der Waals surface area contributed by atoms with E-state index in [0.29, 0.717) is 43.3 Å². The van der Waals surface area contributed by atoms with Gasteiger partial charge in [0.25, 0.3) is 0 Å². The number of benzene rings is 1. The van der Waals surface area contributed by atoms with Crippen molar-refractivity contribution in [1.82, 2.24) is 14.9 Å². The Balaban J connectivity index is 1.79. The van der Waals surface area contributed by atoms with E-state index in [4.69, 9.17) is 9.84 Å². The molecule has 0 aliphatic carbocycles. The number of methoxy groups -OCH3 is 1. The number of hydrogen-bond donors (Lipinski definition) is 1. The van der Waals surface area contributed by atoms with Crippen LogP contribution in [0.2, 0.25) is 0 Å². The number of hydrogen-bond acceptors (Lipinski definition) is 6. The van der Waals surface area contributed by atoms with Gasteiger partial charge in [0.1, 0.15) is 11.7 Å². The highest BCUT2D eigenvalue weighted by Crippen LogP contribution is 2.26. The van der Waals surface area contributed by atoms with Crippen LogP contribution in [0.4, 0.5) is 15.1 Å². The molecule has 1 saturated heterocycles. The van der Waals surface area contributed by atoms with Gasteiger partial charge in [-0.05, 0) is 17.7 Å². The first-order valence-electron chi connectivity index (χ1n) is 8.37. The largest absolute Gasteiger partial charge is 0.468 e. The van der Waals surface area contributed by atoms with E-state index in [0.717, 1.165) is 0 Å². The van der Waals surface area contributed by atoms with Crippen molar-refractivity contribution in [3.8, 4) is 0 Å². The van der Waals surface area contributed by atoms with Crippen LogP contribution < -0.4 is 4.90 Å². The highest BCUT2D eigenvalue weighted by molar-refractivity contribution is 5.82. The van der Waals surface area contributed by atoms with Crippen LogP contribution in [0.1, 0.15) is 17.0 Å². The quantitative estimate of drug-likeness (QED) is 0.814. The number of nitrogens with zero attached hydrogens (tertiary/aromatic N) is 4. The molecule has 1 N–H and O–H groups in total. The van der Waals surface area contributed by atoms with E-state index >= 15 is 0 Å². The fraction of sp³-hybridized carbons (Fsp3) is 0.333. The SMILES string of the molecule is COC(=O)C(c1ccc(F)cc1)c1cnc(N2CCN(C(=O)O)CC2)nc1. The first-order valence-corrected chi connectivity index (χ1v) is 8.37. The lowest BCUT2D eigenvalue weighted by Gasteiger charge is -2.33. The van der Waals surface area contributed by atoms with Crippen molar-refractivity contribution in [1.29, 1.82) is 0 Å². The average molecular weight is 374 g/mol. The molecule has 27 heavy (non-hydrogen) atoms. The molecule has 1 aromatic heterocycles. The monoisotopic (exact) mass is 374 g/mol. The van der Waals surface area contributed by atoms with E-state index in [1.807, 2.05) is 4.90 Å². The number of anilines is 1. The second kappa shape index (κ2) is 7.98. The summed E-state index contributed by atoms with van der Waals surface area (Å²) in [6.07, 6.45) is 2.14. The highest BCUT2D eigenvalue weighted by atomic mass is 19.1. The number of ether oxygens (including phenoxy) is 1. The molecule has 1 unspecified atom stereocenters. The number of carbonyl (C=O) groups excluding carboxylic acids is 1.